The number of carboxylic acid groups (broad SMARTS) is 1. The molecule has 0 aromatic carbocycles. The van der Waals surface area contributed by atoms with Gasteiger partial charge in [0, 0.05) is 13.2 Å². The fourth-order valence-electron chi connectivity index (χ4n) is 1.58. The van der Waals surface area contributed by atoms with Crippen LogP contribution in [0, 0.1) is 5.41 Å². The summed E-state index contributed by atoms with van der Waals surface area (Å²) in [7, 11) is 0. The van der Waals surface area contributed by atoms with Gasteiger partial charge in [-0.05, 0) is 39.5 Å². The number of rotatable bonds is 8. The van der Waals surface area contributed by atoms with Crippen LogP contribution in [0.5, 0.6) is 0 Å². The van der Waals surface area contributed by atoms with Crippen LogP contribution in [0.25, 0.3) is 0 Å². The van der Waals surface area contributed by atoms with E-state index >= 15 is 0 Å². The molecule has 0 unspecified atom stereocenters. The standard InChI is InChI=1S/C12H21NO4/c1-9(2)17-8-4-3-7-13-10(14)12(5-6-12)11(15)16/h9H,3-8H2,1-2H3,(H,13,14)(H,15,16). The number of aliphatic carboxylic acids is 1. The van der Waals surface area contributed by atoms with Crippen molar-refractivity contribution in [1.82, 2.24) is 5.32 Å². The van der Waals surface area contributed by atoms with Crippen molar-refractivity contribution < 1.29 is 19.4 Å². The smallest absolute Gasteiger partial charge is 0.319 e. The van der Waals surface area contributed by atoms with Crippen LogP contribution in [-0.4, -0.2) is 36.2 Å². The van der Waals surface area contributed by atoms with Crippen LogP contribution in [-0.2, 0) is 14.3 Å². The third kappa shape index (κ3) is 4.00. The fraction of sp³-hybridized carbons (Fsp3) is 0.833. The molecule has 2 N–H and O–H groups in total. The zero-order valence-electron chi connectivity index (χ0n) is 10.5. The highest BCUT2D eigenvalue weighted by atomic mass is 16.5. The zero-order chi connectivity index (χ0) is 12.9. The van der Waals surface area contributed by atoms with Crippen LogP contribution >= 0.6 is 0 Å². The van der Waals surface area contributed by atoms with Crippen molar-refractivity contribution in [2.75, 3.05) is 13.2 Å². The summed E-state index contributed by atoms with van der Waals surface area (Å²) in [5.41, 5.74) is -1.12. The maximum Gasteiger partial charge on any atom is 0.319 e. The summed E-state index contributed by atoms with van der Waals surface area (Å²) in [6.45, 7) is 5.16. The number of unbranched alkanes of at least 4 members (excludes halogenated alkanes) is 1. The second kappa shape index (κ2) is 6.00. The summed E-state index contributed by atoms with van der Waals surface area (Å²) in [5, 5.41) is 11.6. The van der Waals surface area contributed by atoms with Gasteiger partial charge in [0.05, 0.1) is 6.10 Å². The quantitative estimate of drug-likeness (QED) is 0.495. The molecule has 0 atom stereocenters. The molecule has 1 aliphatic carbocycles. The third-order valence-corrected chi connectivity index (χ3v) is 2.90. The lowest BCUT2D eigenvalue weighted by atomic mass is 10.1. The highest BCUT2D eigenvalue weighted by molar-refractivity contribution is 6.04. The first-order valence-corrected chi connectivity index (χ1v) is 6.12. The molecule has 1 saturated carbocycles. The van der Waals surface area contributed by atoms with Gasteiger partial charge in [0.2, 0.25) is 5.91 Å². The Labute approximate surface area is 102 Å². The van der Waals surface area contributed by atoms with E-state index in [1.807, 2.05) is 13.8 Å². The van der Waals surface area contributed by atoms with Gasteiger partial charge < -0.3 is 15.2 Å². The molecule has 5 heteroatoms. The van der Waals surface area contributed by atoms with E-state index in [1.165, 1.54) is 0 Å². The number of nitrogens with one attached hydrogen (secondary N) is 1. The average molecular weight is 243 g/mol. The first kappa shape index (κ1) is 14.0. The van der Waals surface area contributed by atoms with Gasteiger partial charge in [-0.25, -0.2) is 0 Å². The highest BCUT2D eigenvalue weighted by Crippen LogP contribution is 2.45. The minimum Gasteiger partial charge on any atom is -0.480 e. The molecule has 0 bridgehead atoms. The highest BCUT2D eigenvalue weighted by Gasteiger charge is 2.56. The summed E-state index contributed by atoms with van der Waals surface area (Å²) in [6.07, 6.45) is 2.84. The van der Waals surface area contributed by atoms with Crippen LogP contribution in [0.3, 0.4) is 0 Å². The van der Waals surface area contributed by atoms with Gasteiger partial charge in [-0.2, -0.15) is 0 Å². The molecule has 1 fully saturated rings. The van der Waals surface area contributed by atoms with E-state index in [2.05, 4.69) is 5.32 Å². The van der Waals surface area contributed by atoms with E-state index in [1.54, 1.807) is 0 Å². The normalized spacial score (nSPS) is 16.9. The molecule has 0 spiro atoms. The molecular formula is C12H21NO4. The number of ether oxygens (including phenoxy) is 1. The SMILES string of the molecule is CC(C)OCCCCNC(=O)C1(C(=O)O)CC1. The van der Waals surface area contributed by atoms with E-state index in [-0.39, 0.29) is 12.0 Å². The van der Waals surface area contributed by atoms with Crippen molar-refractivity contribution in [2.45, 2.75) is 45.6 Å². The number of hydrogen-bond donors (Lipinski definition) is 2. The molecule has 98 valence electrons. The Morgan fingerprint density at radius 3 is 2.47 bits per heavy atom. The van der Waals surface area contributed by atoms with Crippen molar-refractivity contribution in [3.63, 3.8) is 0 Å². The predicted octanol–water partition coefficient (Wildman–Crippen LogP) is 1.17. The number of carbonyl (C=O) groups excluding carboxylic acids is 1. The topological polar surface area (TPSA) is 75.6 Å². The third-order valence-electron chi connectivity index (χ3n) is 2.90. The van der Waals surface area contributed by atoms with Crippen LogP contribution in [0.4, 0.5) is 0 Å². The van der Waals surface area contributed by atoms with Gasteiger partial charge in [0.1, 0.15) is 5.41 Å². The van der Waals surface area contributed by atoms with E-state index in [0.29, 0.717) is 26.0 Å². The first-order valence-electron chi connectivity index (χ1n) is 6.12. The molecule has 0 aliphatic heterocycles. The summed E-state index contributed by atoms with van der Waals surface area (Å²) < 4.78 is 5.36. The minimum absolute atomic E-state index is 0.228. The largest absolute Gasteiger partial charge is 0.480 e. The number of carboxylic acids is 1. The fourth-order valence-corrected chi connectivity index (χ4v) is 1.58. The van der Waals surface area contributed by atoms with E-state index in [0.717, 1.165) is 12.8 Å². The molecule has 5 nitrogen and oxygen atoms in total. The summed E-state index contributed by atoms with van der Waals surface area (Å²) >= 11 is 0. The maximum atomic E-state index is 11.6. The summed E-state index contributed by atoms with van der Waals surface area (Å²) in [5.74, 6) is -1.34. The van der Waals surface area contributed by atoms with Crippen LogP contribution < -0.4 is 5.32 Å². The van der Waals surface area contributed by atoms with Crippen LogP contribution in [0.1, 0.15) is 39.5 Å². The Bertz CT molecular complexity index is 284. The Hall–Kier alpha value is -1.10. The number of amides is 1. The average Bonchev–Trinajstić information content (AvgIpc) is 3.03. The van der Waals surface area contributed by atoms with Gasteiger partial charge >= 0.3 is 5.97 Å². The van der Waals surface area contributed by atoms with Gasteiger partial charge in [0.15, 0.2) is 0 Å². The molecule has 1 amide bonds. The molecule has 1 aliphatic rings. The molecular weight excluding hydrogens is 222 g/mol. The summed E-state index contributed by atoms with van der Waals surface area (Å²) in [6, 6.07) is 0. The van der Waals surface area contributed by atoms with Crippen molar-refractivity contribution >= 4 is 11.9 Å². The van der Waals surface area contributed by atoms with E-state index in [9.17, 15) is 9.59 Å². The Morgan fingerprint density at radius 2 is 2.00 bits per heavy atom. The molecule has 1 rings (SSSR count). The zero-order valence-corrected chi connectivity index (χ0v) is 10.5. The second-order valence-corrected chi connectivity index (χ2v) is 4.77. The molecule has 17 heavy (non-hydrogen) atoms. The molecule has 0 aromatic heterocycles. The van der Waals surface area contributed by atoms with Crippen molar-refractivity contribution in [3.05, 3.63) is 0 Å². The Kier molecular flexibility index (Phi) is 4.93. The van der Waals surface area contributed by atoms with Crippen molar-refractivity contribution in [2.24, 2.45) is 5.41 Å². The number of hydrogen-bond acceptors (Lipinski definition) is 3. The molecule has 0 radical (unpaired) electrons. The molecule has 0 saturated heterocycles. The Balaban J connectivity index is 2.07. The lowest BCUT2D eigenvalue weighted by Gasteiger charge is -2.11. The minimum atomic E-state index is -1.12. The molecule has 0 aromatic rings. The van der Waals surface area contributed by atoms with Gasteiger partial charge in [-0.1, -0.05) is 0 Å². The van der Waals surface area contributed by atoms with E-state index in [4.69, 9.17) is 9.84 Å². The van der Waals surface area contributed by atoms with Crippen LogP contribution in [0.2, 0.25) is 0 Å². The second-order valence-electron chi connectivity index (χ2n) is 4.77. The van der Waals surface area contributed by atoms with Crippen LogP contribution in [0.15, 0.2) is 0 Å². The maximum absolute atomic E-state index is 11.6. The van der Waals surface area contributed by atoms with Crippen molar-refractivity contribution in [1.29, 1.82) is 0 Å². The van der Waals surface area contributed by atoms with Gasteiger partial charge in [-0.15, -0.1) is 0 Å². The lowest BCUT2D eigenvalue weighted by molar-refractivity contribution is -0.149. The lowest BCUT2D eigenvalue weighted by Crippen LogP contribution is -2.37. The molecule has 0 heterocycles. The number of carbonyl (C=O) groups is 2. The summed E-state index contributed by atoms with van der Waals surface area (Å²) in [4.78, 5) is 22.4. The van der Waals surface area contributed by atoms with Gasteiger partial charge in [-0.3, -0.25) is 9.59 Å². The van der Waals surface area contributed by atoms with E-state index < -0.39 is 11.4 Å². The van der Waals surface area contributed by atoms with Gasteiger partial charge in [0.25, 0.3) is 0 Å². The Morgan fingerprint density at radius 1 is 1.35 bits per heavy atom. The van der Waals surface area contributed by atoms with Crippen molar-refractivity contribution in [3.8, 4) is 0 Å². The monoisotopic (exact) mass is 243 g/mol. The predicted molar refractivity (Wildman–Crippen MR) is 62.6 cm³/mol. The first-order chi connectivity index (χ1) is 7.99.